The first kappa shape index (κ1) is 21.0. The predicted octanol–water partition coefficient (Wildman–Crippen LogP) is 4.44. The summed E-state index contributed by atoms with van der Waals surface area (Å²) < 4.78 is 7.46. The van der Waals surface area contributed by atoms with Crippen molar-refractivity contribution in [2.24, 2.45) is 0 Å². The number of carbonyl (C=O) groups excluding carboxylic acids is 2. The van der Waals surface area contributed by atoms with Crippen LogP contribution in [0.5, 0.6) is 0 Å². The van der Waals surface area contributed by atoms with Crippen molar-refractivity contribution in [3.05, 3.63) is 97.3 Å². The molecular weight excluding hydrogens is 482 g/mol. The molecule has 0 unspecified atom stereocenters. The Morgan fingerprint density at radius 2 is 1.97 bits per heavy atom. The standard InChI is InChI=1S/C22H16BrN3O4S/c1-13-11-26-19(27)10-16(25-22(26)31-13)12-30-21(29)14-5-4-6-15(9-14)24-20(28)17-7-2-3-8-18(17)23/h2-11H,12H2,1H3,(H,24,28). The van der Waals surface area contributed by atoms with Gasteiger partial charge in [0, 0.05) is 27.3 Å². The first-order chi connectivity index (χ1) is 14.9. The molecule has 0 radical (unpaired) electrons. The second-order valence-electron chi connectivity index (χ2n) is 6.67. The fourth-order valence-corrected chi connectivity index (χ4v) is 4.24. The molecule has 1 N–H and O–H groups in total. The molecule has 0 fully saturated rings. The highest BCUT2D eigenvalue weighted by Crippen LogP contribution is 2.19. The Hall–Kier alpha value is -3.30. The summed E-state index contributed by atoms with van der Waals surface area (Å²) in [6.07, 6.45) is 1.72. The Labute approximate surface area is 189 Å². The molecular formula is C22H16BrN3O4S. The summed E-state index contributed by atoms with van der Waals surface area (Å²) in [6, 6.07) is 14.9. The number of anilines is 1. The summed E-state index contributed by atoms with van der Waals surface area (Å²) in [4.78, 5) is 43.0. The maximum atomic E-state index is 12.5. The third-order valence-electron chi connectivity index (χ3n) is 4.36. The number of aryl methyl sites for hydroxylation is 1. The van der Waals surface area contributed by atoms with E-state index in [0.29, 0.717) is 26.4 Å². The van der Waals surface area contributed by atoms with Crippen molar-refractivity contribution in [3.63, 3.8) is 0 Å². The topological polar surface area (TPSA) is 89.8 Å². The predicted molar refractivity (Wildman–Crippen MR) is 122 cm³/mol. The molecule has 1 amide bonds. The molecule has 0 aliphatic heterocycles. The summed E-state index contributed by atoms with van der Waals surface area (Å²) in [5, 5.41) is 2.77. The number of nitrogens with zero attached hydrogens (tertiary/aromatic N) is 2. The van der Waals surface area contributed by atoms with Crippen molar-refractivity contribution in [1.82, 2.24) is 9.38 Å². The van der Waals surface area contributed by atoms with E-state index in [0.717, 1.165) is 4.88 Å². The van der Waals surface area contributed by atoms with Gasteiger partial charge in [-0.25, -0.2) is 9.78 Å². The Morgan fingerprint density at radius 1 is 1.16 bits per heavy atom. The maximum absolute atomic E-state index is 12.5. The number of hydrogen-bond donors (Lipinski definition) is 1. The Balaban J connectivity index is 1.45. The lowest BCUT2D eigenvalue weighted by molar-refractivity contribution is 0.0467. The third-order valence-corrected chi connectivity index (χ3v) is 5.95. The molecule has 0 aliphatic rings. The number of amides is 1. The van der Waals surface area contributed by atoms with Crippen molar-refractivity contribution in [2.75, 3.05) is 5.32 Å². The van der Waals surface area contributed by atoms with Crippen LogP contribution < -0.4 is 10.9 Å². The van der Waals surface area contributed by atoms with Crippen LogP contribution >= 0.6 is 27.3 Å². The average Bonchev–Trinajstić information content (AvgIpc) is 3.13. The second-order valence-corrected chi connectivity index (χ2v) is 8.74. The number of nitrogens with one attached hydrogen (secondary N) is 1. The summed E-state index contributed by atoms with van der Waals surface area (Å²) >= 11 is 4.73. The van der Waals surface area contributed by atoms with E-state index in [1.54, 1.807) is 42.6 Å². The Morgan fingerprint density at radius 3 is 2.77 bits per heavy atom. The van der Waals surface area contributed by atoms with Crippen molar-refractivity contribution in [2.45, 2.75) is 13.5 Å². The van der Waals surface area contributed by atoms with Gasteiger partial charge in [-0.3, -0.25) is 14.0 Å². The van der Waals surface area contributed by atoms with Gasteiger partial charge in [0.1, 0.15) is 6.61 Å². The summed E-state index contributed by atoms with van der Waals surface area (Å²) in [6.45, 7) is 1.76. The molecule has 156 valence electrons. The molecule has 9 heteroatoms. The molecule has 0 spiro atoms. The van der Waals surface area contributed by atoms with Gasteiger partial charge >= 0.3 is 5.97 Å². The van der Waals surface area contributed by atoms with Crippen LogP contribution in [0, 0.1) is 6.92 Å². The van der Waals surface area contributed by atoms with Crippen LogP contribution in [-0.2, 0) is 11.3 Å². The molecule has 0 atom stereocenters. The van der Waals surface area contributed by atoms with E-state index in [4.69, 9.17) is 4.74 Å². The Kier molecular flexibility index (Phi) is 5.97. The van der Waals surface area contributed by atoms with Gasteiger partial charge in [-0.15, -0.1) is 11.3 Å². The van der Waals surface area contributed by atoms with E-state index in [1.165, 1.54) is 27.9 Å². The monoisotopic (exact) mass is 497 g/mol. The van der Waals surface area contributed by atoms with Crippen LogP contribution in [0.25, 0.3) is 4.96 Å². The zero-order valence-corrected chi connectivity index (χ0v) is 18.7. The van der Waals surface area contributed by atoms with Gasteiger partial charge in [0.2, 0.25) is 0 Å². The molecule has 7 nitrogen and oxygen atoms in total. The zero-order valence-electron chi connectivity index (χ0n) is 16.3. The maximum Gasteiger partial charge on any atom is 0.338 e. The largest absolute Gasteiger partial charge is 0.456 e. The van der Waals surface area contributed by atoms with Gasteiger partial charge < -0.3 is 10.1 Å². The van der Waals surface area contributed by atoms with E-state index in [1.807, 2.05) is 13.0 Å². The number of hydrogen-bond acceptors (Lipinski definition) is 6. The van der Waals surface area contributed by atoms with Gasteiger partial charge in [-0.2, -0.15) is 0 Å². The number of rotatable bonds is 5. The zero-order chi connectivity index (χ0) is 22.0. The minimum Gasteiger partial charge on any atom is -0.456 e. The van der Waals surface area contributed by atoms with E-state index >= 15 is 0 Å². The molecule has 0 saturated heterocycles. The second kappa shape index (κ2) is 8.83. The fourth-order valence-electron chi connectivity index (χ4n) is 2.92. The van der Waals surface area contributed by atoms with Crippen molar-refractivity contribution >= 4 is 49.8 Å². The van der Waals surface area contributed by atoms with E-state index in [-0.39, 0.29) is 23.6 Å². The molecule has 31 heavy (non-hydrogen) atoms. The summed E-state index contributed by atoms with van der Waals surface area (Å²) in [7, 11) is 0. The van der Waals surface area contributed by atoms with E-state index in [9.17, 15) is 14.4 Å². The third kappa shape index (κ3) is 4.73. The number of benzene rings is 2. The molecule has 0 aliphatic carbocycles. The first-order valence-electron chi connectivity index (χ1n) is 9.22. The molecule has 2 aromatic carbocycles. The lowest BCUT2D eigenvalue weighted by Gasteiger charge is -2.09. The lowest BCUT2D eigenvalue weighted by atomic mass is 10.1. The number of ether oxygens (including phenoxy) is 1. The van der Waals surface area contributed by atoms with Gasteiger partial charge in [-0.05, 0) is 53.2 Å². The highest BCUT2D eigenvalue weighted by atomic mass is 79.9. The van der Waals surface area contributed by atoms with Crippen LogP contribution in [0.1, 0.15) is 31.3 Å². The Bertz CT molecular complexity index is 1360. The molecule has 0 saturated carbocycles. The van der Waals surface area contributed by atoms with E-state index < -0.39 is 5.97 Å². The smallest absolute Gasteiger partial charge is 0.338 e. The highest BCUT2D eigenvalue weighted by molar-refractivity contribution is 9.10. The van der Waals surface area contributed by atoms with Gasteiger partial charge in [-0.1, -0.05) is 18.2 Å². The summed E-state index contributed by atoms with van der Waals surface area (Å²) in [5.74, 6) is -0.886. The quantitative estimate of drug-likeness (QED) is 0.411. The molecule has 4 aromatic rings. The SMILES string of the molecule is Cc1cn2c(=O)cc(COC(=O)c3cccc(NC(=O)c4ccccc4Br)c3)nc2s1. The number of thiazole rings is 1. The lowest BCUT2D eigenvalue weighted by Crippen LogP contribution is -2.15. The number of halogens is 1. The van der Waals surface area contributed by atoms with Crippen molar-refractivity contribution < 1.29 is 14.3 Å². The molecule has 2 heterocycles. The van der Waals surface area contributed by atoms with Crippen LogP contribution in [0.4, 0.5) is 5.69 Å². The number of esters is 1. The number of fused-ring (bicyclic) bond motifs is 1. The number of carbonyl (C=O) groups is 2. The van der Waals surface area contributed by atoms with Crippen LogP contribution in [0.3, 0.4) is 0 Å². The van der Waals surface area contributed by atoms with E-state index in [2.05, 4.69) is 26.2 Å². The highest BCUT2D eigenvalue weighted by Gasteiger charge is 2.13. The van der Waals surface area contributed by atoms with Crippen molar-refractivity contribution in [3.8, 4) is 0 Å². The minimum absolute atomic E-state index is 0.130. The van der Waals surface area contributed by atoms with Gasteiger partial charge in [0.05, 0.1) is 16.8 Å². The van der Waals surface area contributed by atoms with Gasteiger partial charge in [0.25, 0.3) is 11.5 Å². The molecule has 4 rings (SSSR count). The van der Waals surface area contributed by atoms with Crippen LogP contribution in [0.15, 0.2) is 70.1 Å². The first-order valence-corrected chi connectivity index (χ1v) is 10.8. The van der Waals surface area contributed by atoms with Crippen LogP contribution in [-0.4, -0.2) is 21.3 Å². The minimum atomic E-state index is -0.582. The normalized spacial score (nSPS) is 10.8. The average molecular weight is 498 g/mol. The van der Waals surface area contributed by atoms with Gasteiger partial charge in [0.15, 0.2) is 4.96 Å². The summed E-state index contributed by atoms with van der Waals surface area (Å²) in [5.41, 5.74) is 1.36. The number of aromatic nitrogens is 2. The van der Waals surface area contributed by atoms with Crippen LogP contribution in [0.2, 0.25) is 0 Å². The molecule has 2 aromatic heterocycles. The molecule has 0 bridgehead atoms. The fraction of sp³-hybridized carbons (Fsp3) is 0.0909. The van der Waals surface area contributed by atoms with Crippen molar-refractivity contribution in [1.29, 1.82) is 0 Å².